The van der Waals surface area contributed by atoms with Crippen LogP contribution in [0.15, 0.2) is 78.9 Å². The molecule has 1 heterocycles. The van der Waals surface area contributed by atoms with Gasteiger partial charge in [-0.1, -0.05) is 42.0 Å². The Morgan fingerprint density at radius 2 is 1.51 bits per heavy atom. The number of rotatable bonds is 7. The Balaban J connectivity index is 1.09. The number of anilines is 1. The van der Waals surface area contributed by atoms with Crippen molar-refractivity contribution in [2.75, 3.05) is 4.90 Å². The van der Waals surface area contributed by atoms with Crippen molar-refractivity contribution in [2.45, 2.75) is 13.0 Å². The third kappa shape index (κ3) is 4.03. The van der Waals surface area contributed by atoms with E-state index in [0.717, 1.165) is 12.0 Å². The summed E-state index contributed by atoms with van der Waals surface area (Å²) < 4.78 is 11.5. The first-order valence-electron chi connectivity index (χ1n) is 11.9. The summed E-state index contributed by atoms with van der Waals surface area (Å²) in [7, 11) is 0. The lowest BCUT2D eigenvalue weighted by atomic mass is 9.85. The van der Waals surface area contributed by atoms with E-state index in [1.807, 2.05) is 0 Å². The number of ether oxygens (including phenoxy) is 2. The number of carbonyl (C=O) groups is 2. The van der Waals surface area contributed by atoms with Crippen molar-refractivity contribution >= 4 is 34.8 Å². The maximum absolute atomic E-state index is 13.0. The summed E-state index contributed by atoms with van der Waals surface area (Å²) in [5, 5.41) is 11.4. The first-order valence-corrected chi connectivity index (χ1v) is 12.3. The SMILES string of the molecule is O=C1[C@@H]2[C@@H](C(=O)N1c1ccc(OCc3ccc(Oc4c(Cl)cccc4[N+](=O)[O-])cc3)cc1)[C@H]1C=C[C@@H]2C1. The van der Waals surface area contributed by atoms with Gasteiger partial charge in [0.25, 0.3) is 0 Å². The summed E-state index contributed by atoms with van der Waals surface area (Å²) in [6.07, 6.45) is 5.06. The predicted molar refractivity (Wildman–Crippen MR) is 136 cm³/mol. The fourth-order valence-corrected chi connectivity index (χ4v) is 5.74. The van der Waals surface area contributed by atoms with Crippen molar-refractivity contribution in [2.24, 2.45) is 23.7 Å². The Labute approximate surface area is 217 Å². The molecule has 37 heavy (non-hydrogen) atoms. The minimum atomic E-state index is -0.545. The summed E-state index contributed by atoms with van der Waals surface area (Å²) in [5.41, 5.74) is 1.20. The topological polar surface area (TPSA) is 99.0 Å². The van der Waals surface area contributed by atoms with Crippen LogP contribution in [0.3, 0.4) is 0 Å². The van der Waals surface area contributed by atoms with E-state index in [2.05, 4.69) is 12.2 Å². The molecule has 2 fully saturated rings. The number of para-hydroxylation sites is 1. The van der Waals surface area contributed by atoms with Gasteiger partial charge in [0.2, 0.25) is 17.6 Å². The molecule has 0 spiro atoms. The lowest BCUT2D eigenvalue weighted by Crippen LogP contribution is -2.32. The normalized spacial score (nSPS) is 23.4. The van der Waals surface area contributed by atoms with Crippen LogP contribution in [0.5, 0.6) is 17.2 Å². The molecular formula is C28H21ClN2O6. The van der Waals surface area contributed by atoms with Gasteiger partial charge in [0, 0.05) is 6.07 Å². The summed E-state index contributed by atoms with van der Waals surface area (Å²) >= 11 is 6.09. The minimum Gasteiger partial charge on any atom is -0.489 e. The summed E-state index contributed by atoms with van der Waals surface area (Å²) in [4.78, 5) is 38.0. The molecule has 0 aromatic heterocycles. The van der Waals surface area contributed by atoms with Crippen LogP contribution in [0, 0.1) is 33.8 Å². The number of nitrogens with zero attached hydrogens (tertiary/aromatic N) is 2. The Hall–Kier alpha value is -4.17. The van der Waals surface area contributed by atoms with E-state index in [-0.39, 0.29) is 58.6 Å². The molecule has 3 aromatic carbocycles. The number of imide groups is 1. The van der Waals surface area contributed by atoms with Crippen LogP contribution < -0.4 is 14.4 Å². The van der Waals surface area contributed by atoms with Crippen LogP contribution in [0.25, 0.3) is 0 Å². The number of hydrogen-bond acceptors (Lipinski definition) is 6. The Kier molecular flexibility index (Phi) is 5.68. The van der Waals surface area contributed by atoms with Gasteiger partial charge in [0.05, 0.1) is 27.5 Å². The molecule has 0 unspecified atom stereocenters. The zero-order valence-corrected chi connectivity index (χ0v) is 20.2. The van der Waals surface area contributed by atoms with Gasteiger partial charge < -0.3 is 9.47 Å². The summed E-state index contributed by atoms with van der Waals surface area (Å²) in [6, 6.07) is 18.2. The first-order chi connectivity index (χ1) is 17.9. The zero-order chi connectivity index (χ0) is 25.7. The fraction of sp³-hybridized carbons (Fsp3) is 0.214. The van der Waals surface area contributed by atoms with Gasteiger partial charge in [-0.15, -0.1) is 0 Å². The van der Waals surface area contributed by atoms with E-state index in [1.165, 1.54) is 23.1 Å². The third-order valence-electron chi connectivity index (χ3n) is 7.26. The Morgan fingerprint density at radius 1 is 0.892 bits per heavy atom. The van der Waals surface area contributed by atoms with E-state index >= 15 is 0 Å². The van der Waals surface area contributed by atoms with Gasteiger partial charge in [-0.25, -0.2) is 0 Å². The maximum Gasteiger partial charge on any atom is 0.313 e. The highest BCUT2D eigenvalue weighted by atomic mass is 35.5. The molecular weight excluding hydrogens is 496 g/mol. The van der Waals surface area contributed by atoms with Crippen LogP contribution in [0.4, 0.5) is 11.4 Å². The molecule has 9 heteroatoms. The van der Waals surface area contributed by atoms with Gasteiger partial charge in [-0.2, -0.15) is 0 Å². The van der Waals surface area contributed by atoms with E-state index in [4.69, 9.17) is 21.1 Å². The van der Waals surface area contributed by atoms with Crippen molar-refractivity contribution in [3.8, 4) is 17.2 Å². The standard InChI is InChI=1S/C28H21ClN2O6/c29-22-2-1-3-23(31(34)35)26(22)37-21-10-4-16(5-11-21)15-36-20-12-8-19(9-13-20)30-27(32)24-17-6-7-18(14-17)25(24)28(30)33/h1-13,17-18,24-25H,14-15H2/t17-,18+,24-,25-/m0/s1. The predicted octanol–water partition coefficient (Wildman–Crippen LogP) is 5.93. The number of benzene rings is 3. The highest BCUT2D eigenvalue weighted by Gasteiger charge is 2.59. The number of nitro groups is 1. The number of nitro benzene ring substituents is 1. The average Bonchev–Trinajstić information content (AvgIpc) is 3.58. The van der Waals surface area contributed by atoms with E-state index in [1.54, 1.807) is 48.5 Å². The smallest absolute Gasteiger partial charge is 0.313 e. The first kappa shape index (κ1) is 23.2. The second-order valence-electron chi connectivity index (χ2n) is 9.39. The fourth-order valence-electron chi connectivity index (χ4n) is 5.53. The molecule has 8 nitrogen and oxygen atoms in total. The lowest BCUT2D eigenvalue weighted by Gasteiger charge is -2.17. The quantitative estimate of drug-likeness (QED) is 0.167. The van der Waals surface area contributed by atoms with E-state index in [9.17, 15) is 19.7 Å². The largest absolute Gasteiger partial charge is 0.489 e. The molecule has 2 bridgehead atoms. The Morgan fingerprint density at radius 3 is 2.14 bits per heavy atom. The molecule has 3 aromatic rings. The van der Waals surface area contributed by atoms with Crippen molar-refractivity contribution in [1.29, 1.82) is 0 Å². The monoisotopic (exact) mass is 516 g/mol. The number of carbonyl (C=O) groups excluding carboxylic acids is 2. The highest BCUT2D eigenvalue weighted by molar-refractivity contribution is 6.32. The third-order valence-corrected chi connectivity index (χ3v) is 7.55. The summed E-state index contributed by atoms with van der Waals surface area (Å²) in [6.45, 7) is 0.270. The number of allylic oxidation sites excluding steroid dienone is 2. The molecule has 1 aliphatic heterocycles. The molecule has 1 saturated heterocycles. The molecule has 0 N–H and O–H groups in total. The van der Waals surface area contributed by atoms with Crippen molar-refractivity contribution in [1.82, 2.24) is 0 Å². The number of amides is 2. The minimum absolute atomic E-state index is 0.0132. The lowest BCUT2D eigenvalue weighted by molar-refractivity contribution is -0.385. The van der Waals surface area contributed by atoms with Crippen molar-refractivity contribution in [3.63, 3.8) is 0 Å². The molecule has 0 radical (unpaired) electrons. The molecule has 1 saturated carbocycles. The van der Waals surface area contributed by atoms with Gasteiger partial charge in [-0.05, 0) is 66.3 Å². The van der Waals surface area contributed by atoms with Crippen molar-refractivity contribution < 1.29 is 24.0 Å². The number of hydrogen-bond donors (Lipinski definition) is 0. The number of halogens is 1. The molecule has 3 aliphatic rings. The van der Waals surface area contributed by atoms with Crippen molar-refractivity contribution in [3.05, 3.63) is 99.6 Å². The van der Waals surface area contributed by atoms with Crippen LogP contribution in [-0.2, 0) is 16.2 Å². The Bertz CT molecular complexity index is 1410. The van der Waals surface area contributed by atoms with Gasteiger partial charge >= 0.3 is 5.69 Å². The second-order valence-corrected chi connectivity index (χ2v) is 9.79. The van der Waals surface area contributed by atoms with E-state index < -0.39 is 4.92 Å². The van der Waals surface area contributed by atoms with Crippen LogP contribution in [0.2, 0.25) is 5.02 Å². The molecule has 2 aliphatic carbocycles. The highest BCUT2D eigenvalue weighted by Crippen LogP contribution is 2.53. The van der Waals surface area contributed by atoms with Gasteiger partial charge in [0.1, 0.15) is 18.1 Å². The second kappa shape index (κ2) is 9.05. The molecule has 186 valence electrons. The maximum atomic E-state index is 13.0. The number of fused-ring (bicyclic) bond motifs is 5. The summed E-state index contributed by atoms with van der Waals surface area (Å²) in [5.74, 6) is 0.667. The van der Waals surface area contributed by atoms with E-state index in [0.29, 0.717) is 17.2 Å². The van der Waals surface area contributed by atoms with Gasteiger partial charge in [-0.3, -0.25) is 24.6 Å². The van der Waals surface area contributed by atoms with Crippen LogP contribution in [0.1, 0.15) is 12.0 Å². The van der Waals surface area contributed by atoms with Gasteiger partial charge in [0.15, 0.2) is 0 Å². The molecule has 4 atom stereocenters. The van der Waals surface area contributed by atoms with Crippen LogP contribution in [-0.4, -0.2) is 16.7 Å². The molecule has 2 amide bonds. The molecule has 6 rings (SSSR count). The zero-order valence-electron chi connectivity index (χ0n) is 19.5. The average molecular weight is 517 g/mol. The van der Waals surface area contributed by atoms with Crippen LogP contribution >= 0.6 is 11.6 Å².